The number of ether oxygens (including phenoxy) is 2. The van der Waals surface area contributed by atoms with Crippen molar-refractivity contribution in [1.29, 1.82) is 0 Å². The van der Waals surface area contributed by atoms with Crippen molar-refractivity contribution in [1.82, 2.24) is 4.98 Å². The summed E-state index contributed by atoms with van der Waals surface area (Å²) < 4.78 is 11.5. The highest BCUT2D eigenvalue weighted by molar-refractivity contribution is 7.08. The van der Waals surface area contributed by atoms with Gasteiger partial charge in [-0.2, -0.15) is 4.57 Å². The Hall–Kier alpha value is -3.26. The first kappa shape index (κ1) is 18.5. The molecule has 0 amide bonds. The molecule has 3 aromatic rings. The van der Waals surface area contributed by atoms with E-state index in [-0.39, 0.29) is 21.5 Å². The topological polar surface area (TPSA) is 92.4 Å². The number of carbonyl (C=O) groups excluding carboxylic acids is 2. The summed E-state index contributed by atoms with van der Waals surface area (Å²) in [6.07, 6.45) is 4.51. The molecule has 0 aliphatic heterocycles. The van der Waals surface area contributed by atoms with Gasteiger partial charge in [0.05, 0.1) is 13.7 Å². The lowest BCUT2D eigenvalue weighted by molar-refractivity contribution is -0.577. The molecule has 0 saturated heterocycles. The van der Waals surface area contributed by atoms with Crippen molar-refractivity contribution >= 4 is 45.8 Å². The van der Waals surface area contributed by atoms with Crippen molar-refractivity contribution in [2.45, 2.75) is 6.92 Å². The van der Waals surface area contributed by atoms with Gasteiger partial charge in [-0.25, -0.2) is 14.6 Å². The monoisotopic (exact) mass is 384 g/mol. The van der Waals surface area contributed by atoms with E-state index in [1.807, 2.05) is 30.3 Å². The van der Waals surface area contributed by atoms with Crippen LogP contribution in [0.5, 0.6) is 5.88 Å². The molecule has 0 aliphatic rings. The van der Waals surface area contributed by atoms with Gasteiger partial charge >= 0.3 is 17.6 Å². The van der Waals surface area contributed by atoms with Crippen molar-refractivity contribution in [3.8, 4) is 5.88 Å². The smallest absolute Gasteiger partial charge is 0.407 e. The fourth-order valence-electron chi connectivity index (χ4n) is 2.45. The van der Waals surface area contributed by atoms with Crippen LogP contribution in [0.15, 0.2) is 42.7 Å². The molecule has 0 radical (unpaired) electrons. The molecule has 138 valence electrons. The molecule has 7 nitrogen and oxygen atoms in total. The standard InChI is InChI=1S/C19H16N2O5S/c1-3-26-19(24)16(18-20-17(23)14(27-18)10-15(22)25-2)21-9-8-12-6-4-5-7-13(12)11-21/h4-11H,3H2,1-2H3/b14-10+. The lowest BCUT2D eigenvalue weighted by Gasteiger charge is -2.02. The predicted octanol–water partition coefficient (Wildman–Crippen LogP) is -0.169. The van der Waals surface area contributed by atoms with Gasteiger partial charge in [0.25, 0.3) is 0 Å². The van der Waals surface area contributed by atoms with Gasteiger partial charge in [-0.15, -0.1) is 11.3 Å². The molecule has 2 heterocycles. The molecule has 8 heteroatoms. The van der Waals surface area contributed by atoms with Crippen LogP contribution in [0.1, 0.15) is 6.92 Å². The van der Waals surface area contributed by atoms with Gasteiger partial charge in [0, 0.05) is 27.9 Å². The van der Waals surface area contributed by atoms with E-state index in [1.165, 1.54) is 7.11 Å². The van der Waals surface area contributed by atoms with E-state index in [9.17, 15) is 14.7 Å². The number of fused-ring (bicyclic) bond motifs is 1. The molecule has 27 heavy (non-hydrogen) atoms. The summed E-state index contributed by atoms with van der Waals surface area (Å²) in [6.45, 7) is 1.87. The maximum atomic E-state index is 12.6. The molecular formula is C19H16N2O5S. The van der Waals surface area contributed by atoms with Crippen LogP contribution in [0.3, 0.4) is 0 Å². The van der Waals surface area contributed by atoms with Crippen LogP contribution < -0.4 is 18.9 Å². The van der Waals surface area contributed by atoms with Gasteiger partial charge in [-0.1, -0.05) is 18.2 Å². The predicted molar refractivity (Wildman–Crippen MR) is 96.9 cm³/mol. The fourth-order valence-corrected chi connectivity index (χ4v) is 3.36. The zero-order chi connectivity index (χ0) is 19.4. The lowest BCUT2D eigenvalue weighted by Crippen LogP contribution is -2.41. The first-order chi connectivity index (χ1) is 13.0. The Labute approximate surface area is 158 Å². The zero-order valence-electron chi connectivity index (χ0n) is 14.7. The van der Waals surface area contributed by atoms with E-state index in [0.717, 1.165) is 28.2 Å². The number of pyridine rings is 1. The third-order valence-corrected chi connectivity index (χ3v) is 4.68. The first-order valence-electron chi connectivity index (χ1n) is 8.09. The van der Waals surface area contributed by atoms with Crippen LogP contribution in [0, 0.1) is 0 Å². The van der Waals surface area contributed by atoms with Crippen LogP contribution in [-0.4, -0.2) is 30.6 Å². The summed E-state index contributed by atoms with van der Waals surface area (Å²) >= 11 is 0.927. The molecular weight excluding hydrogens is 368 g/mol. The van der Waals surface area contributed by atoms with Crippen LogP contribution in [0.4, 0.5) is 0 Å². The summed E-state index contributed by atoms with van der Waals surface area (Å²) in [4.78, 5) is 27.9. The van der Waals surface area contributed by atoms with Crippen LogP contribution in [-0.2, 0) is 19.1 Å². The van der Waals surface area contributed by atoms with Crippen molar-refractivity contribution < 1.29 is 28.7 Å². The number of nitrogens with zero attached hydrogens (tertiary/aromatic N) is 2. The third kappa shape index (κ3) is 3.95. The highest BCUT2D eigenvalue weighted by atomic mass is 32.1. The number of thiazole rings is 1. The minimum Gasteiger partial charge on any atom is -0.858 e. The van der Waals surface area contributed by atoms with Gasteiger partial charge in [0.1, 0.15) is 0 Å². The Morgan fingerprint density at radius 1 is 1.26 bits per heavy atom. The summed E-state index contributed by atoms with van der Waals surface area (Å²) in [5, 5.41) is 14.0. The largest absolute Gasteiger partial charge is 0.858 e. The minimum absolute atomic E-state index is 0.0834. The Morgan fingerprint density at radius 3 is 2.70 bits per heavy atom. The van der Waals surface area contributed by atoms with E-state index < -0.39 is 17.8 Å². The molecule has 2 aromatic heterocycles. The minimum atomic E-state index is -0.668. The number of aromatic nitrogens is 2. The van der Waals surface area contributed by atoms with Crippen molar-refractivity contribution in [2.24, 2.45) is 0 Å². The Bertz CT molecular complexity index is 1140. The molecule has 0 N–H and O–H groups in total. The number of carbonyl (C=O) groups is 2. The van der Waals surface area contributed by atoms with Crippen molar-refractivity contribution in [3.63, 3.8) is 0 Å². The fraction of sp³-hybridized carbons (Fsp3) is 0.158. The summed E-state index contributed by atoms with van der Waals surface area (Å²) in [5.74, 6) is -1.89. The molecule has 0 saturated carbocycles. The maximum absolute atomic E-state index is 12.6. The summed E-state index contributed by atoms with van der Waals surface area (Å²) in [7, 11) is 1.21. The highest BCUT2D eigenvalue weighted by Crippen LogP contribution is 2.11. The SMILES string of the molecule is CCOC(=O)C(=c1nc([O-])/c(=C\C(=O)OC)s1)[n+]1ccc2ccccc2c1. The molecule has 0 aliphatic carbocycles. The number of methoxy groups -OCH3 is 1. The van der Waals surface area contributed by atoms with Crippen molar-refractivity contribution in [3.05, 3.63) is 51.9 Å². The van der Waals surface area contributed by atoms with Crippen molar-refractivity contribution in [2.75, 3.05) is 13.7 Å². The second-order valence-corrected chi connectivity index (χ2v) is 6.44. The van der Waals surface area contributed by atoms with E-state index in [2.05, 4.69) is 9.72 Å². The second kappa shape index (κ2) is 7.96. The van der Waals surface area contributed by atoms with Gasteiger partial charge in [-0.05, 0) is 18.4 Å². The highest BCUT2D eigenvalue weighted by Gasteiger charge is 2.25. The average Bonchev–Trinajstić information content (AvgIpc) is 3.01. The molecule has 0 atom stereocenters. The van der Waals surface area contributed by atoms with Crippen LogP contribution in [0.25, 0.3) is 22.5 Å². The zero-order valence-corrected chi connectivity index (χ0v) is 15.5. The van der Waals surface area contributed by atoms with Gasteiger partial charge in [-0.3, -0.25) is 0 Å². The first-order valence-corrected chi connectivity index (χ1v) is 8.90. The molecule has 0 fully saturated rings. The average molecular weight is 384 g/mol. The van der Waals surface area contributed by atoms with Gasteiger partial charge < -0.3 is 14.6 Å². The maximum Gasteiger partial charge on any atom is 0.407 e. The van der Waals surface area contributed by atoms with Crippen LogP contribution >= 0.6 is 11.3 Å². The molecule has 0 bridgehead atoms. The number of benzene rings is 1. The Kier molecular flexibility index (Phi) is 5.46. The van der Waals surface area contributed by atoms with Gasteiger partial charge in [0.15, 0.2) is 17.1 Å². The molecule has 0 spiro atoms. The van der Waals surface area contributed by atoms with E-state index in [1.54, 1.807) is 23.9 Å². The summed E-state index contributed by atoms with van der Waals surface area (Å²) in [5.41, 5.74) is 0.106. The Morgan fingerprint density at radius 2 is 2.00 bits per heavy atom. The molecule has 1 aromatic carbocycles. The van der Waals surface area contributed by atoms with E-state index in [4.69, 9.17) is 4.74 Å². The number of esters is 2. The van der Waals surface area contributed by atoms with E-state index >= 15 is 0 Å². The second-order valence-electron chi connectivity index (χ2n) is 5.41. The number of hydrogen-bond acceptors (Lipinski definition) is 7. The molecule has 0 unspecified atom stereocenters. The Balaban J connectivity index is 2.26. The third-order valence-electron chi connectivity index (χ3n) is 3.69. The number of rotatable bonds is 4. The normalized spacial score (nSPS) is 12.7. The van der Waals surface area contributed by atoms with Crippen LogP contribution in [0.2, 0.25) is 0 Å². The quantitative estimate of drug-likeness (QED) is 0.458. The van der Waals surface area contributed by atoms with E-state index in [0.29, 0.717) is 0 Å². The van der Waals surface area contributed by atoms with Gasteiger partial charge in [0.2, 0.25) is 0 Å². The number of hydrogen-bond donors (Lipinski definition) is 0. The summed E-state index contributed by atoms with van der Waals surface area (Å²) in [6, 6.07) is 9.52. The molecule has 3 rings (SSSR count). The lowest BCUT2D eigenvalue weighted by atomic mass is 10.2.